The van der Waals surface area contributed by atoms with E-state index in [1.165, 1.54) is 0 Å². The molecule has 0 atom stereocenters. The van der Waals surface area contributed by atoms with Gasteiger partial charge in [-0.25, -0.2) is 0 Å². The van der Waals surface area contributed by atoms with Crippen LogP contribution in [0.15, 0.2) is 18.5 Å². The van der Waals surface area contributed by atoms with E-state index in [4.69, 9.17) is 5.73 Å². The largest absolute Gasteiger partial charge is 0.338 e. The first kappa shape index (κ1) is 7.81. The molecule has 0 aliphatic carbocycles. The number of nitrogens with zero attached hydrogens (tertiary/aromatic N) is 2. The van der Waals surface area contributed by atoms with E-state index in [1.54, 1.807) is 12.4 Å². The molecule has 2 heterocycles. The molecule has 5 N–H and O–H groups in total. The average Bonchev–Trinajstić information content (AvgIpc) is 2.76. The second-order valence-corrected chi connectivity index (χ2v) is 2.56. The summed E-state index contributed by atoms with van der Waals surface area (Å²) in [6.45, 7) is 0.427. The zero-order valence-corrected chi connectivity index (χ0v) is 6.91. The van der Waals surface area contributed by atoms with Crippen molar-refractivity contribution < 1.29 is 0 Å². The lowest BCUT2D eigenvalue weighted by Gasteiger charge is -2.01. The molecule has 0 saturated heterocycles. The zero-order valence-electron chi connectivity index (χ0n) is 6.91. The average molecular weight is 178 g/mol. The molecular formula is C7H10N6. The van der Waals surface area contributed by atoms with Crippen molar-refractivity contribution in [1.82, 2.24) is 20.4 Å². The molecule has 6 heteroatoms. The Bertz CT molecular complexity index is 362. The minimum Gasteiger partial charge on any atom is -0.338 e. The third kappa shape index (κ3) is 1.52. The van der Waals surface area contributed by atoms with E-state index in [1.807, 2.05) is 6.07 Å². The maximum absolute atomic E-state index is 5.49. The monoisotopic (exact) mass is 178 g/mol. The molecule has 0 spiro atoms. The fourth-order valence-electron chi connectivity index (χ4n) is 1.05. The first-order valence-electron chi connectivity index (χ1n) is 3.89. The summed E-state index contributed by atoms with van der Waals surface area (Å²) in [7, 11) is 0. The van der Waals surface area contributed by atoms with Gasteiger partial charge in [-0.3, -0.25) is 10.2 Å². The van der Waals surface area contributed by atoms with Crippen LogP contribution in [0, 0.1) is 0 Å². The van der Waals surface area contributed by atoms with Crippen molar-refractivity contribution in [3.63, 3.8) is 0 Å². The SMILES string of the molecule is NCc1[nH]ncc1Nc1ccn[nH]1. The molecule has 0 aliphatic heterocycles. The predicted octanol–water partition coefficient (Wildman–Crippen LogP) is 0.335. The molecule has 0 unspecified atom stereocenters. The summed E-state index contributed by atoms with van der Waals surface area (Å²) in [5.74, 6) is 0.816. The fourth-order valence-corrected chi connectivity index (χ4v) is 1.05. The Balaban J connectivity index is 2.18. The molecule has 0 aliphatic rings. The van der Waals surface area contributed by atoms with Crippen LogP contribution in [-0.2, 0) is 6.54 Å². The van der Waals surface area contributed by atoms with E-state index >= 15 is 0 Å². The Kier molecular flexibility index (Phi) is 1.97. The Hall–Kier alpha value is -1.82. The fraction of sp³-hybridized carbons (Fsp3) is 0.143. The van der Waals surface area contributed by atoms with Gasteiger partial charge in [-0.05, 0) is 0 Å². The van der Waals surface area contributed by atoms with Gasteiger partial charge in [0.15, 0.2) is 0 Å². The lowest BCUT2D eigenvalue weighted by atomic mass is 10.3. The Morgan fingerprint density at radius 3 is 3.00 bits per heavy atom. The van der Waals surface area contributed by atoms with Gasteiger partial charge in [0.05, 0.1) is 23.8 Å². The molecular weight excluding hydrogens is 168 g/mol. The van der Waals surface area contributed by atoms with Gasteiger partial charge in [-0.2, -0.15) is 10.2 Å². The van der Waals surface area contributed by atoms with Crippen molar-refractivity contribution in [2.45, 2.75) is 6.54 Å². The van der Waals surface area contributed by atoms with Crippen molar-refractivity contribution in [3.05, 3.63) is 24.2 Å². The van der Waals surface area contributed by atoms with Crippen LogP contribution in [0.1, 0.15) is 5.69 Å². The number of nitrogens with one attached hydrogen (secondary N) is 3. The van der Waals surface area contributed by atoms with Crippen LogP contribution in [0.2, 0.25) is 0 Å². The van der Waals surface area contributed by atoms with Crippen molar-refractivity contribution >= 4 is 11.5 Å². The first-order valence-corrected chi connectivity index (χ1v) is 3.89. The standard InChI is InChI=1S/C7H10N6/c8-3-5-6(4-10-12-5)11-7-1-2-9-13-7/h1-2,4H,3,8H2,(H,10,12)(H2,9,11,13). The van der Waals surface area contributed by atoms with Gasteiger partial charge in [0.1, 0.15) is 5.82 Å². The molecule has 6 nitrogen and oxygen atoms in total. The smallest absolute Gasteiger partial charge is 0.125 e. The van der Waals surface area contributed by atoms with Crippen LogP contribution >= 0.6 is 0 Å². The molecule has 13 heavy (non-hydrogen) atoms. The molecule has 0 fully saturated rings. The van der Waals surface area contributed by atoms with Crippen molar-refractivity contribution in [2.75, 3.05) is 5.32 Å². The molecule has 2 aromatic heterocycles. The second kappa shape index (κ2) is 3.28. The maximum Gasteiger partial charge on any atom is 0.125 e. The number of anilines is 2. The summed E-state index contributed by atoms with van der Waals surface area (Å²) < 4.78 is 0. The second-order valence-electron chi connectivity index (χ2n) is 2.56. The van der Waals surface area contributed by atoms with Gasteiger partial charge in [0.2, 0.25) is 0 Å². The maximum atomic E-state index is 5.49. The van der Waals surface area contributed by atoms with Gasteiger partial charge < -0.3 is 11.1 Å². The lowest BCUT2D eigenvalue weighted by Crippen LogP contribution is -2.00. The highest BCUT2D eigenvalue weighted by Gasteiger charge is 2.02. The predicted molar refractivity (Wildman–Crippen MR) is 48.3 cm³/mol. The normalized spacial score (nSPS) is 10.2. The van der Waals surface area contributed by atoms with E-state index < -0.39 is 0 Å². The molecule has 0 radical (unpaired) electrons. The summed E-state index contributed by atoms with van der Waals surface area (Å²) in [6, 6.07) is 1.83. The highest BCUT2D eigenvalue weighted by atomic mass is 15.2. The number of hydrogen-bond donors (Lipinski definition) is 4. The summed E-state index contributed by atoms with van der Waals surface area (Å²) in [4.78, 5) is 0. The number of aromatic amines is 2. The van der Waals surface area contributed by atoms with E-state index in [9.17, 15) is 0 Å². The van der Waals surface area contributed by atoms with E-state index in [0.29, 0.717) is 6.54 Å². The summed E-state index contributed by atoms with van der Waals surface area (Å²) in [5.41, 5.74) is 7.22. The zero-order chi connectivity index (χ0) is 9.10. The Morgan fingerprint density at radius 1 is 1.38 bits per heavy atom. The van der Waals surface area contributed by atoms with Gasteiger partial charge in [0.25, 0.3) is 0 Å². The van der Waals surface area contributed by atoms with Gasteiger partial charge in [-0.15, -0.1) is 0 Å². The first-order chi connectivity index (χ1) is 6.40. The van der Waals surface area contributed by atoms with Crippen LogP contribution < -0.4 is 11.1 Å². The molecule has 0 bridgehead atoms. The third-order valence-electron chi connectivity index (χ3n) is 1.69. The van der Waals surface area contributed by atoms with E-state index in [2.05, 4.69) is 25.7 Å². The number of nitrogens with two attached hydrogens (primary N) is 1. The van der Waals surface area contributed by atoms with E-state index in [-0.39, 0.29) is 0 Å². The number of rotatable bonds is 3. The van der Waals surface area contributed by atoms with Crippen LogP contribution in [0.3, 0.4) is 0 Å². The van der Waals surface area contributed by atoms with Gasteiger partial charge in [0, 0.05) is 12.6 Å². The van der Waals surface area contributed by atoms with Crippen molar-refractivity contribution in [3.8, 4) is 0 Å². The number of aromatic nitrogens is 4. The number of H-pyrrole nitrogens is 2. The van der Waals surface area contributed by atoms with Gasteiger partial charge in [-0.1, -0.05) is 0 Å². The topological polar surface area (TPSA) is 95.4 Å². The van der Waals surface area contributed by atoms with Crippen LogP contribution in [0.25, 0.3) is 0 Å². The molecule has 0 aromatic carbocycles. The minimum atomic E-state index is 0.427. The molecule has 2 rings (SSSR count). The molecule has 2 aromatic rings. The molecule has 0 saturated carbocycles. The number of hydrogen-bond acceptors (Lipinski definition) is 4. The minimum absolute atomic E-state index is 0.427. The third-order valence-corrected chi connectivity index (χ3v) is 1.69. The lowest BCUT2D eigenvalue weighted by molar-refractivity contribution is 0.948. The van der Waals surface area contributed by atoms with Crippen LogP contribution in [-0.4, -0.2) is 20.4 Å². The summed E-state index contributed by atoms with van der Waals surface area (Å²) in [6.07, 6.45) is 3.35. The van der Waals surface area contributed by atoms with Gasteiger partial charge >= 0.3 is 0 Å². The summed E-state index contributed by atoms with van der Waals surface area (Å²) >= 11 is 0. The van der Waals surface area contributed by atoms with Crippen molar-refractivity contribution in [2.24, 2.45) is 5.73 Å². The highest BCUT2D eigenvalue weighted by molar-refractivity contribution is 5.57. The van der Waals surface area contributed by atoms with E-state index in [0.717, 1.165) is 17.2 Å². The Morgan fingerprint density at radius 2 is 2.31 bits per heavy atom. The van der Waals surface area contributed by atoms with Crippen LogP contribution in [0.4, 0.5) is 11.5 Å². The van der Waals surface area contributed by atoms with Crippen molar-refractivity contribution in [1.29, 1.82) is 0 Å². The highest BCUT2D eigenvalue weighted by Crippen LogP contribution is 2.15. The Labute approximate surface area is 74.5 Å². The molecule has 68 valence electrons. The summed E-state index contributed by atoms with van der Waals surface area (Å²) in [5, 5.41) is 16.4. The molecule has 0 amide bonds. The quantitative estimate of drug-likeness (QED) is 0.544. The van der Waals surface area contributed by atoms with Crippen LogP contribution in [0.5, 0.6) is 0 Å².